The molecular formula is C32H48N2O3. The number of hydrogen-bond donors (Lipinski definition) is 2. The summed E-state index contributed by atoms with van der Waals surface area (Å²) in [7, 11) is 0. The van der Waals surface area contributed by atoms with Gasteiger partial charge < -0.3 is 16.2 Å². The average Bonchev–Trinajstić information content (AvgIpc) is 2.74. The van der Waals surface area contributed by atoms with E-state index in [2.05, 4.69) is 69.2 Å². The van der Waals surface area contributed by atoms with Crippen molar-refractivity contribution in [2.75, 3.05) is 13.1 Å². The van der Waals surface area contributed by atoms with Crippen LogP contribution >= 0.6 is 0 Å². The highest BCUT2D eigenvalue weighted by Gasteiger charge is 2.36. The molecule has 4 N–H and O–H groups in total. The molecule has 0 atom stereocenters. The third-order valence-electron chi connectivity index (χ3n) is 6.54. The predicted molar refractivity (Wildman–Crippen MR) is 154 cm³/mol. The lowest BCUT2D eigenvalue weighted by atomic mass is 9.70. The van der Waals surface area contributed by atoms with E-state index in [1.807, 2.05) is 36.4 Å². The van der Waals surface area contributed by atoms with Gasteiger partial charge in [-0.25, -0.2) is 0 Å². The third-order valence-corrected chi connectivity index (χ3v) is 6.54. The van der Waals surface area contributed by atoms with Gasteiger partial charge in [-0.2, -0.15) is 0 Å². The van der Waals surface area contributed by atoms with Crippen molar-refractivity contribution in [1.82, 2.24) is 0 Å². The molecule has 0 fully saturated rings. The summed E-state index contributed by atoms with van der Waals surface area (Å²) in [5.41, 5.74) is 13.8. The summed E-state index contributed by atoms with van der Waals surface area (Å²) in [4.78, 5) is 26.0. The molecule has 5 heteroatoms. The second-order valence-electron chi connectivity index (χ2n) is 14.0. The molecule has 0 amide bonds. The molecule has 0 bridgehead atoms. The molecule has 2 rings (SSSR count). The van der Waals surface area contributed by atoms with E-state index >= 15 is 0 Å². The molecule has 0 aliphatic heterocycles. The second kappa shape index (κ2) is 11.1. The topological polar surface area (TPSA) is 95.4 Å². The third kappa shape index (κ3) is 7.75. The molecule has 0 spiro atoms. The maximum atomic E-state index is 13.0. The fraction of sp³-hybridized carbons (Fsp3) is 0.562. The van der Waals surface area contributed by atoms with Gasteiger partial charge in [0.25, 0.3) is 0 Å². The summed E-state index contributed by atoms with van der Waals surface area (Å²) < 4.78 is 6.73. The monoisotopic (exact) mass is 508 g/mol. The lowest BCUT2D eigenvalue weighted by Gasteiger charge is -2.37. The van der Waals surface area contributed by atoms with Crippen LogP contribution in [0.5, 0.6) is 11.5 Å². The van der Waals surface area contributed by atoms with Crippen molar-refractivity contribution < 1.29 is 14.3 Å². The first kappa shape index (κ1) is 30.7. The number of carbonyl (C=O) groups is 2. The molecule has 0 saturated carbocycles. The van der Waals surface area contributed by atoms with E-state index in [0.29, 0.717) is 22.6 Å². The molecule has 2 aromatic carbocycles. The van der Waals surface area contributed by atoms with E-state index in [1.54, 1.807) is 0 Å². The van der Waals surface area contributed by atoms with Crippen molar-refractivity contribution in [3.8, 4) is 11.5 Å². The Morgan fingerprint density at radius 3 is 1.22 bits per heavy atom. The van der Waals surface area contributed by atoms with Crippen LogP contribution in [0, 0.1) is 10.8 Å². The Bertz CT molecular complexity index is 1040. The van der Waals surface area contributed by atoms with Gasteiger partial charge in [0, 0.05) is 22.3 Å². The molecule has 0 unspecified atom stereocenters. The molecule has 0 aliphatic carbocycles. The van der Waals surface area contributed by atoms with Crippen LogP contribution in [0.2, 0.25) is 0 Å². The SMILES string of the molecule is CC(C)(C)CC(C)(C)c1c(Oc2cccc(C(=O)CN)c2C(C)(C)CC(C)(C)C)cccc1C(=O)CN. The number of Topliss-reactive ketones (excluding diaryl/α,β-unsaturated/α-hetero) is 2. The summed E-state index contributed by atoms with van der Waals surface area (Å²) in [5, 5.41) is 0. The summed E-state index contributed by atoms with van der Waals surface area (Å²) in [6, 6.07) is 11.2. The van der Waals surface area contributed by atoms with Crippen molar-refractivity contribution >= 4 is 11.6 Å². The Hall–Kier alpha value is -2.50. The van der Waals surface area contributed by atoms with E-state index in [1.165, 1.54) is 0 Å². The number of ketones is 2. The van der Waals surface area contributed by atoms with Crippen LogP contribution in [0.4, 0.5) is 0 Å². The van der Waals surface area contributed by atoms with Crippen LogP contribution in [0.15, 0.2) is 36.4 Å². The van der Waals surface area contributed by atoms with E-state index in [9.17, 15) is 9.59 Å². The molecule has 0 heterocycles. The Labute approximate surface area is 224 Å². The van der Waals surface area contributed by atoms with Crippen LogP contribution in [-0.2, 0) is 10.8 Å². The van der Waals surface area contributed by atoms with Crippen molar-refractivity contribution in [1.29, 1.82) is 0 Å². The Morgan fingerprint density at radius 2 is 0.946 bits per heavy atom. The van der Waals surface area contributed by atoms with Gasteiger partial charge in [-0.3, -0.25) is 9.59 Å². The van der Waals surface area contributed by atoms with Crippen LogP contribution < -0.4 is 16.2 Å². The standard InChI is InChI=1S/C32H48N2O3/c1-29(2,3)19-31(7,8)27-21(23(35)17-33)13-11-15-25(27)37-26-16-12-14-22(24(36)18-34)28(26)32(9,10)20-30(4,5)6/h11-16H,17-20,33-34H2,1-10H3. The minimum Gasteiger partial charge on any atom is -0.457 e. The summed E-state index contributed by atoms with van der Waals surface area (Å²) in [6.07, 6.45) is 1.67. The van der Waals surface area contributed by atoms with Crippen LogP contribution in [-0.4, -0.2) is 24.7 Å². The second-order valence-corrected chi connectivity index (χ2v) is 14.0. The van der Waals surface area contributed by atoms with Crippen molar-refractivity contribution in [3.05, 3.63) is 58.7 Å². The minimum absolute atomic E-state index is 0.0208. The Kier molecular flexibility index (Phi) is 9.20. The molecule has 37 heavy (non-hydrogen) atoms. The minimum atomic E-state index is -0.374. The van der Waals surface area contributed by atoms with Crippen molar-refractivity contribution in [2.24, 2.45) is 22.3 Å². The lowest BCUT2D eigenvalue weighted by molar-refractivity contribution is 0.0991. The fourth-order valence-electron chi connectivity index (χ4n) is 6.26. The van der Waals surface area contributed by atoms with Gasteiger partial charge in [0.15, 0.2) is 11.6 Å². The number of rotatable bonds is 10. The molecule has 0 saturated heterocycles. The molecule has 0 radical (unpaired) electrons. The summed E-state index contributed by atoms with van der Waals surface area (Å²) >= 11 is 0. The Morgan fingerprint density at radius 1 is 0.622 bits per heavy atom. The quantitative estimate of drug-likeness (QED) is 0.331. The maximum Gasteiger partial charge on any atom is 0.176 e. The summed E-state index contributed by atoms with van der Waals surface area (Å²) in [5.74, 6) is 0.975. The number of carbonyl (C=O) groups excluding carboxylic acids is 2. The smallest absolute Gasteiger partial charge is 0.176 e. The van der Waals surface area contributed by atoms with Gasteiger partial charge in [0.2, 0.25) is 0 Å². The van der Waals surface area contributed by atoms with Gasteiger partial charge in [0.05, 0.1) is 13.1 Å². The number of benzene rings is 2. The first-order valence-corrected chi connectivity index (χ1v) is 13.2. The van der Waals surface area contributed by atoms with Gasteiger partial charge in [-0.15, -0.1) is 0 Å². The van der Waals surface area contributed by atoms with E-state index in [-0.39, 0.29) is 46.3 Å². The van der Waals surface area contributed by atoms with Crippen LogP contribution in [0.25, 0.3) is 0 Å². The van der Waals surface area contributed by atoms with E-state index in [0.717, 1.165) is 24.0 Å². The lowest BCUT2D eigenvalue weighted by Crippen LogP contribution is -2.30. The van der Waals surface area contributed by atoms with Gasteiger partial charge in [-0.05, 0) is 46.6 Å². The van der Waals surface area contributed by atoms with Crippen LogP contribution in [0.3, 0.4) is 0 Å². The highest BCUT2D eigenvalue weighted by Crippen LogP contribution is 2.47. The highest BCUT2D eigenvalue weighted by atomic mass is 16.5. The molecular weight excluding hydrogens is 460 g/mol. The maximum absolute atomic E-state index is 13.0. The first-order valence-electron chi connectivity index (χ1n) is 13.2. The average molecular weight is 509 g/mol. The molecule has 204 valence electrons. The first-order chi connectivity index (χ1) is 16.8. The Balaban J connectivity index is 2.84. The zero-order valence-corrected chi connectivity index (χ0v) is 24.7. The van der Waals surface area contributed by atoms with Crippen molar-refractivity contribution in [3.63, 3.8) is 0 Å². The van der Waals surface area contributed by atoms with Crippen molar-refractivity contribution in [2.45, 2.75) is 92.9 Å². The molecule has 0 aromatic heterocycles. The zero-order chi connectivity index (χ0) is 28.4. The highest BCUT2D eigenvalue weighted by molar-refractivity contribution is 6.00. The largest absolute Gasteiger partial charge is 0.457 e. The van der Waals surface area contributed by atoms with E-state index in [4.69, 9.17) is 16.2 Å². The van der Waals surface area contributed by atoms with Gasteiger partial charge in [0.1, 0.15) is 11.5 Å². The number of ether oxygens (including phenoxy) is 1. The van der Waals surface area contributed by atoms with Gasteiger partial charge >= 0.3 is 0 Å². The normalized spacial score (nSPS) is 13.0. The molecule has 0 aliphatic rings. The number of nitrogens with two attached hydrogens (primary N) is 2. The zero-order valence-electron chi connectivity index (χ0n) is 24.7. The van der Waals surface area contributed by atoms with E-state index < -0.39 is 0 Å². The van der Waals surface area contributed by atoms with Gasteiger partial charge in [-0.1, -0.05) is 93.5 Å². The van der Waals surface area contributed by atoms with Crippen LogP contribution in [0.1, 0.15) is 114 Å². The molecule has 5 nitrogen and oxygen atoms in total. The number of hydrogen-bond acceptors (Lipinski definition) is 5. The fourth-order valence-corrected chi connectivity index (χ4v) is 6.26. The predicted octanol–water partition coefficient (Wildman–Crippen LogP) is 7.19. The molecule has 2 aromatic rings. The summed E-state index contributed by atoms with van der Waals surface area (Å²) in [6.45, 7) is 21.6.